The van der Waals surface area contributed by atoms with Gasteiger partial charge < -0.3 is 19.4 Å². The van der Waals surface area contributed by atoms with Crippen LogP contribution in [-0.2, 0) is 11.3 Å². The molecule has 35 heavy (non-hydrogen) atoms. The monoisotopic (exact) mass is 493 g/mol. The summed E-state index contributed by atoms with van der Waals surface area (Å²) in [5, 5.41) is 0.600. The number of hydrogen-bond acceptors (Lipinski definition) is 8. The van der Waals surface area contributed by atoms with Gasteiger partial charge in [0.2, 0.25) is 0 Å². The number of aromatic amines is 1. The molecule has 4 aromatic rings. The topological polar surface area (TPSA) is 102 Å². The summed E-state index contributed by atoms with van der Waals surface area (Å²) < 4.78 is 11.6. The lowest BCUT2D eigenvalue weighted by molar-refractivity contribution is 0.0600. The van der Waals surface area contributed by atoms with Gasteiger partial charge >= 0.3 is 11.7 Å². The normalized spacial score (nSPS) is 11.0. The molecule has 2 heterocycles. The van der Waals surface area contributed by atoms with Crippen LogP contribution in [-0.4, -0.2) is 52.5 Å². The van der Waals surface area contributed by atoms with E-state index in [1.165, 1.54) is 7.11 Å². The Kier molecular flexibility index (Phi) is 7.40. The lowest BCUT2D eigenvalue weighted by Gasteiger charge is -2.20. The standard InChI is InChI=1S/C25H27N5O4S/c1-5-14-35-24-27-21(29(2)18-10-12-19(33-3)13-11-18)20-22(28-24)30(25(32)26-20)15-16-6-8-17(9-7-16)23(31)34-4/h6-13H,5,14-15H2,1-4H3,(H,26,32). The summed E-state index contributed by atoms with van der Waals surface area (Å²) in [5.74, 6) is 1.82. The highest BCUT2D eigenvalue weighted by Gasteiger charge is 2.19. The lowest BCUT2D eigenvalue weighted by atomic mass is 10.1. The van der Waals surface area contributed by atoms with E-state index in [4.69, 9.17) is 19.4 Å². The average Bonchev–Trinajstić information content (AvgIpc) is 3.21. The Balaban J connectivity index is 1.77. The van der Waals surface area contributed by atoms with E-state index in [-0.39, 0.29) is 5.69 Å². The number of thioether (sulfide) groups is 1. The van der Waals surface area contributed by atoms with E-state index in [1.807, 2.05) is 36.2 Å². The van der Waals surface area contributed by atoms with Crippen molar-refractivity contribution >= 4 is 40.4 Å². The number of ether oxygens (including phenoxy) is 2. The second-order valence-corrected chi connectivity index (χ2v) is 8.90. The number of esters is 1. The average molecular weight is 494 g/mol. The number of rotatable bonds is 9. The van der Waals surface area contributed by atoms with Gasteiger partial charge in [-0.2, -0.15) is 0 Å². The number of anilines is 2. The third-order valence-electron chi connectivity index (χ3n) is 5.51. The Morgan fingerprint density at radius 2 is 1.80 bits per heavy atom. The van der Waals surface area contributed by atoms with Crippen LogP contribution in [0.3, 0.4) is 0 Å². The number of nitrogens with zero attached hydrogens (tertiary/aromatic N) is 4. The molecular weight excluding hydrogens is 466 g/mol. The first-order valence-electron chi connectivity index (χ1n) is 11.1. The number of fused-ring (bicyclic) bond motifs is 1. The molecule has 0 aliphatic heterocycles. The molecule has 0 saturated carbocycles. The zero-order chi connectivity index (χ0) is 24.9. The summed E-state index contributed by atoms with van der Waals surface area (Å²) in [6, 6.07) is 14.6. The lowest BCUT2D eigenvalue weighted by Crippen LogP contribution is -2.18. The molecule has 2 aromatic heterocycles. The van der Waals surface area contributed by atoms with E-state index < -0.39 is 5.97 Å². The summed E-state index contributed by atoms with van der Waals surface area (Å²) in [7, 11) is 4.87. The van der Waals surface area contributed by atoms with Crippen LogP contribution in [0.5, 0.6) is 5.75 Å². The maximum Gasteiger partial charge on any atom is 0.337 e. The highest BCUT2D eigenvalue weighted by atomic mass is 32.2. The molecule has 0 unspecified atom stereocenters. The second-order valence-electron chi connectivity index (χ2n) is 7.84. The molecule has 0 aliphatic carbocycles. The number of hydrogen-bond donors (Lipinski definition) is 1. The van der Waals surface area contributed by atoms with E-state index in [2.05, 4.69) is 11.9 Å². The van der Waals surface area contributed by atoms with Gasteiger partial charge in [-0.3, -0.25) is 4.57 Å². The molecule has 0 spiro atoms. The fraction of sp³-hybridized carbons (Fsp3) is 0.280. The van der Waals surface area contributed by atoms with Gasteiger partial charge in [0.1, 0.15) is 11.3 Å². The fourth-order valence-electron chi connectivity index (χ4n) is 3.62. The number of carbonyl (C=O) groups is 1. The maximum absolute atomic E-state index is 13.0. The molecule has 4 rings (SSSR count). The van der Waals surface area contributed by atoms with E-state index >= 15 is 0 Å². The first-order valence-corrected chi connectivity index (χ1v) is 12.1. The number of H-pyrrole nitrogens is 1. The predicted molar refractivity (Wildman–Crippen MR) is 137 cm³/mol. The highest BCUT2D eigenvalue weighted by molar-refractivity contribution is 7.99. The van der Waals surface area contributed by atoms with Gasteiger partial charge in [0, 0.05) is 18.5 Å². The van der Waals surface area contributed by atoms with Crippen LogP contribution in [0.25, 0.3) is 11.2 Å². The highest BCUT2D eigenvalue weighted by Crippen LogP contribution is 2.30. The zero-order valence-corrected chi connectivity index (χ0v) is 20.9. The van der Waals surface area contributed by atoms with Crippen LogP contribution in [0, 0.1) is 0 Å². The quantitative estimate of drug-likeness (QED) is 0.210. The fourth-order valence-corrected chi connectivity index (χ4v) is 4.31. The minimum Gasteiger partial charge on any atom is -0.497 e. The third kappa shape index (κ3) is 5.17. The van der Waals surface area contributed by atoms with Crippen molar-refractivity contribution in [1.29, 1.82) is 0 Å². The molecule has 0 aliphatic rings. The number of imidazole rings is 1. The first kappa shape index (κ1) is 24.3. The molecule has 0 amide bonds. The Hall–Kier alpha value is -3.79. The summed E-state index contributed by atoms with van der Waals surface area (Å²) >= 11 is 1.55. The smallest absolute Gasteiger partial charge is 0.337 e. The number of methoxy groups -OCH3 is 2. The SMILES string of the molecule is CCCSc1nc(N(C)c2ccc(OC)cc2)c2[nH]c(=O)n(Cc3ccc(C(=O)OC)cc3)c2n1. The molecule has 0 atom stereocenters. The Bertz CT molecular complexity index is 1380. The van der Waals surface area contributed by atoms with Gasteiger partial charge in [-0.25, -0.2) is 19.6 Å². The summed E-state index contributed by atoms with van der Waals surface area (Å²) in [6.07, 6.45) is 0.974. The van der Waals surface area contributed by atoms with Crippen LogP contribution >= 0.6 is 11.8 Å². The van der Waals surface area contributed by atoms with Crippen LogP contribution < -0.4 is 15.3 Å². The maximum atomic E-state index is 13.0. The number of benzene rings is 2. The van der Waals surface area contributed by atoms with Crippen molar-refractivity contribution in [2.45, 2.75) is 25.0 Å². The Labute approximate surface area is 207 Å². The number of carbonyl (C=O) groups excluding carboxylic acids is 1. The summed E-state index contributed by atoms with van der Waals surface area (Å²) in [4.78, 5) is 39.1. The van der Waals surface area contributed by atoms with Gasteiger partial charge in [0.15, 0.2) is 16.6 Å². The number of nitrogens with one attached hydrogen (secondary N) is 1. The van der Waals surface area contributed by atoms with Gasteiger partial charge in [0.05, 0.1) is 26.3 Å². The molecule has 10 heteroatoms. The molecule has 0 bridgehead atoms. The molecule has 1 N–H and O–H groups in total. The van der Waals surface area contributed by atoms with Crippen molar-refractivity contribution < 1.29 is 14.3 Å². The third-order valence-corrected chi connectivity index (χ3v) is 6.56. The van der Waals surface area contributed by atoms with E-state index in [0.29, 0.717) is 34.2 Å². The largest absolute Gasteiger partial charge is 0.497 e. The van der Waals surface area contributed by atoms with Crippen molar-refractivity contribution in [3.05, 3.63) is 70.1 Å². The van der Waals surface area contributed by atoms with Crippen LogP contribution in [0.15, 0.2) is 58.5 Å². The Morgan fingerprint density at radius 1 is 1.09 bits per heavy atom. The van der Waals surface area contributed by atoms with Crippen LogP contribution in [0.1, 0.15) is 29.3 Å². The molecule has 2 aromatic carbocycles. The first-order chi connectivity index (χ1) is 16.9. The van der Waals surface area contributed by atoms with Crippen molar-refractivity contribution in [3.8, 4) is 5.75 Å². The van der Waals surface area contributed by atoms with Gasteiger partial charge in [-0.1, -0.05) is 30.8 Å². The van der Waals surface area contributed by atoms with E-state index in [9.17, 15) is 9.59 Å². The van der Waals surface area contributed by atoms with Crippen molar-refractivity contribution in [3.63, 3.8) is 0 Å². The van der Waals surface area contributed by atoms with Crippen molar-refractivity contribution in [2.24, 2.45) is 0 Å². The van der Waals surface area contributed by atoms with E-state index in [1.54, 1.807) is 47.7 Å². The van der Waals surface area contributed by atoms with Crippen molar-refractivity contribution in [2.75, 3.05) is 31.9 Å². The zero-order valence-electron chi connectivity index (χ0n) is 20.1. The molecule has 0 saturated heterocycles. The van der Waals surface area contributed by atoms with Gasteiger partial charge in [-0.05, 0) is 48.4 Å². The van der Waals surface area contributed by atoms with Crippen molar-refractivity contribution in [1.82, 2.24) is 19.5 Å². The minimum absolute atomic E-state index is 0.284. The van der Waals surface area contributed by atoms with E-state index in [0.717, 1.165) is 29.2 Å². The van der Waals surface area contributed by atoms with Crippen LogP contribution in [0.2, 0.25) is 0 Å². The van der Waals surface area contributed by atoms with Crippen LogP contribution in [0.4, 0.5) is 11.5 Å². The summed E-state index contributed by atoms with van der Waals surface area (Å²) in [5.41, 5.74) is 2.99. The molecule has 9 nitrogen and oxygen atoms in total. The minimum atomic E-state index is -0.405. The molecule has 0 fully saturated rings. The number of aromatic nitrogens is 4. The molecular formula is C25H27N5O4S. The van der Waals surface area contributed by atoms with Gasteiger partial charge in [-0.15, -0.1) is 0 Å². The second kappa shape index (κ2) is 10.6. The summed E-state index contributed by atoms with van der Waals surface area (Å²) in [6.45, 7) is 2.39. The predicted octanol–water partition coefficient (Wildman–Crippen LogP) is 4.23. The van der Waals surface area contributed by atoms with Gasteiger partial charge in [0.25, 0.3) is 0 Å². The molecule has 0 radical (unpaired) electrons. The Morgan fingerprint density at radius 3 is 2.43 bits per heavy atom. The molecule has 182 valence electrons.